The molecule has 0 radical (unpaired) electrons. The number of hydrogen-bond acceptors (Lipinski definition) is 4. The molecule has 1 aliphatic heterocycles. The predicted octanol–water partition coefficient (Wildman–Crippen LogP) is 3.28. The van der Waals surface area contributed by atoms with E-state index in [0.29, 0.717) is 18.1 Å². The third kappa shape index (κ3) is 2.76. The van der Waals surface area contributed by atoms with Crippen LogP contribution in [0.2, 0.25) is 0 Å². The average molecular weight is 340 g/mol. The van der Waals surface area contributed by atoms with E-state index < -0.39 is 0 Å². The van der Waals surface area contributed by atoms with E-state index in [2.05, 4.69) is 0 Å². The molecule has 1 aliphatic rings. The molecular formula is C18H16N2O3S. The summed E-state index contributed by atoms with van der Waals surface area (Å²) in [5.41, 5.74) is 1.15. The van der Waals surface area contributed by atoms with E-state index in [1.165, 1.54) is 16.7 Å². The van der Waals surface area contributed by atoms with Gasteiger partial charge >= 0.3 is 0 Å². The van der Waals surface area contributed by atoms with Crippen LogP contribution < -0.4 is 0 Å². The molecular weight excluding hydrogens is 324 g/mol. The number of amides is 2. The van der Waals surface area contributed by atoms with E-state index >= 15 is 0 Å². The molecule has 6 heteroatoms. The number of hydrogen-bond donors (Lipinski definition) is 0. The summed E-state index contributed by atoms with van der Waals surface area (Å²) < 4.78 is 5.78. The van der Waals surface area contributed by atoms with E-state index in [9.17, 15) is 9.59 Å². The topological polar surface area (TPSA) is 53.8 Å². The molecule has 2 aromatic rings. The van der Waals surface area contributed by atoms with E-state index in [-0.39, 0.29) is 22.6 Å². The quantitative estimate of drug-likeness (QED) is 0.635. The minimum atomic E-state index is -0.301. The molecule has 3 rings (SSSR count). The predicted molar refractivity (Wildman–Crippen MR) is 94.6 cm³/mol. The van der Waals surface area contributed by atoms with Gasteiger partial charge in [0.15, 0.2) is 5.11 Å². The molecule has 1 saturated heterocycles. The Morgan fingerprint density at radius 1 is 1.21 bits per heavy atom. The Kier molecular flexibility index (Phi) is 4.31. The molecule has 0 atom stereocenters. The van der Waals surface area contributed by atoms with E-state index in [1.807, 2.05) is 43.3 Å². The molecule has 1 fully saturated rings. The lowest BCUT2D eigenvalue weighted by Crippen LogP contribution is -2.34. The van der Waals surface area contributed by atoms with Gasteiger partial charge in [-0.05, 0) is 31.3 Å². The van der Waals surface area contributed by atoms with Gasteiger partial charge in [0.05, 0.1) is 0 Å². The Morgan fingerprint density at radius 2 is 1.92 bits per heavy atom. The molecule has 2 heterocycles. The van der Waals surface area contributed by atoms with Gasteiger partial charge in [0.1, 0.15) is 17.2 Å². The van der Waals surface area contributed by atoms with Crippen LogP contribution in [0.5, 0.6) is 0 Å². The fourth-order valence-electron chi connectivity index (χ4n) is 2.58. The molecule has 122 valence electrons. The van der Waals surface area contributed by atoms with Crippen LogP contribution in [0, 0.1) is 0 Å². The highest BCUT2D eigenvalue weighted by atomic mass is 32.1. The van der Waals surface area contributed by atoms with Crippen molar-refractivity contribution in [3.8, 4) is 11.3 Å². The van der Waals surface area contributed by atoms with Crippen LogP contribution in [0.1, 0.15) is 19.6 Å². The van der Waals surface area contributed by atoms with Crippen molar-refractivity contribution >= 4 is 35.2 Å². The maximum Gasteiger partial charge on any atom is 0.277 e. The maximum absolute atomic E-state index is 12.5. The number of carbonyl (C=O) groups is 2. The van der Waals surface area contributed by atoms with E-state index in [1.54, 1.807) is 12.1 Å². The smallest absolute Gasteiger partial charge is 0.277 e. The van der Waals surface area contributed by atoms with Gasteiger partial charge < -0.3 is 4.42 Å². The van der Waals surface area contributed by atoms with Gasteiger partial charge in [-0.25, -0.2) is 0 Å². The van der Waals surface area contributed by atoms with Crippen molar-refractivity contribution < 1.29 is 14.0 Å². The summed E-state index contributed by atoms with van der Waals surface area (Å²) in [4.78, 5) is 27.0. The van der Waals surface area contributed by atoms with Crippen LogP contribution in [-0.2, 0) is 9.59 Å². The number of thiocarbonyl (C=S) groups is 1. The minimum Gasteiger partial charge on any atom is -0.457 e. The van der Waals surface area contributed by atoms with Crippen molar-refractivity contribution in [2.45, 2.75) is 13.8 Å². The third-order valence-corrected chi connectivity index (χ3v) is 4.13. The van der Waals surface area contributed by atoms with E-state index in [0.717, 1.165) is 5.56 Å². The first kappa shape index (κ1) is 16.1. The Balaban J connectivity index is 1.98. The van der Waals surface area contributed by atoms with E-state index in [4.69, 9.17) is 16.6 Å². The fraction of sp³-hybridized carbons (Fsp3) is 0.167. The summed E-state index contributed by atoms with van der Waals surface area (Å²) in [6.07, 6.45) is 1.55. The zero-order valence-electron chi connectivity index (χ0n) is 13.4. The Bertz CT molecular complexity index is 839. The summed E-state index contributed by atoms with van der Waals surface area (Å²) >= 11 is 5.23. The lowest BCUT2D eigenvalue weighted by molar-refractivity contribution is -0.126. The van der Waals surface area contributed by atoms with Gasteiger partial charge in [0, 0.05) is 25.1 Å². The van der Waals surface area contributed by atoms with Crippen molar-refractivity contribution in [3.05, 3.63) is 53.9 Å². The lowest BCUT2D eigenvalue weighted by Gasteiger charge is -2.15. The molecule has 2 amide bonds. The molecule has 0 unspecified atom stereocenters. The fourth-order valence-corrected chi connectivity index (χ4v) is 3.02. The highest BCUT2D eigenvalue weighted by Gasteiger charge is 2.39. The van der Waals surface area contributed by atoms with Gasteiger partial charge in [0.25, 0.3) is 5.91 Å². The molecule has 5 nitrogen and oxygen atoms in total. The minimum absolute atomic E-state index is 0.205. The Labute approximate surface area is 145 Å². The summed E-state index contributed by atoms with van der Waals surface area (Å²) in [6, 6.07) is 13.2. The van der Waals surface area contributed by atoms with Crippen molar-refractivity contribution in [2.75, 3.05) is 6.54 Å². The van der Waals surface area contributed by atoms with Crippen LogP contribution in [-0.4, -0.2) is 33.3 Å². The van der Waals surface area contributed by atoms with Crippen molar-refractivity contribution in [1.29, 1.82) is 0 Å². The first-order chi connectivity index (χ1) is 11.5. The second-order valence-electron chi connectivity index (χ2n) is 5.28. The van der Waals surface area contributed by atoms with Crippen LogP contribution in [0.25, 0.3) is 17.4 Å². The number of rotatable bonds is 3. The number of carbonyl (C=O) groups excluding carboxylic acids is 2. The summed E-state index contributed by atoms with van der Waals surface area (Å²) in [7, 11) is 0. The monoisotopic (exact) mass is 340 g/mol. The third-order valence-electron chi connectivity index (χ3n) is 3.72. The van der Waals surface area contributed by atoms with Crippen LogP contribution in [0.15, 0.2) is 52.6 Å². The molecule has 24 heavy (non-hydrogen) atoms. The van der Waals surface area contributed by atoms with Crippen LogP contribution >= 0.6 is 12.2 Å². The molecule has 0 bridgehead atoms. The molecule has 0 aliphatic carbocycles. The van der Waals surface area contributed by atoms with Gasteiger partial charge in [0.2, 0.25) is 5.91 Å². The zero-order valence-corrected chi connectivity index (χ0v) is 14.2. The first-order valence-corrected chi connectivity index (χ1v) is 7.97. The van der Waals surface area contributed by atoms with Crippen molar-refractivity contribution in [2.24, 2.45) is 0 Å². The SMILES string of the molecule is CCN1C(=O)C(=Cc2ccc(-c3ccccc3)o2)N(C(C)=O)C1=S. The largest absolute Gasteiger partial charge is 0.457 e. The van der Waals surface area contributed by atoms with Crippen molar-refractivity contribution in [1.82, 2.24) is 9.80 Å². The maximum atomic E-state index is 12.5. The lowest BCUT2D eigenvalue weighted by atomic mass is 10.2. The number of likely N-dealkylation sites (N-methyl/N-ethyl adjacent to an activating group) is 1. The molecule has 1 aromatic carbocycles. The standard InChI is InChI=1S/C18H16N2O3S/c1-3-19-17(22)15(20(12(2)21)18(19)24)11-14-9-10-16(23-14)13-7-5-4-6-8-13/h4-11H,3H2,1-2H3. The highest BCUT2D eigenvalue weighted by molar-refractivity contribution is 7.80. The highest BCUT2D eigenvalue weighted by Crippen LogP contribution is 2.27. The zero-order chi connectivity index (χ0) is 17.3. The van der Waals surface area contributed by atoms with Crippen molar-refractivity contribution in [3.63, 3.8) is 0 Å². The second kappa shape index (κ2) is 6.41. The second-order valence-corrected chi connectivity index (χ2v) is 5.65. The molecule has 1 aromatic heterocycles. The van der Waals surface area contributed by atoms with Crippen LogP contribution in [0.3, 0.4) is 0 Å². The first-order valence-electron chi connectivity index (χ1n) is 7.56. The average Bonchev–Trinajstić information content (AvgIpc) is 3.12. The Hall–Kier alpha value is -2.73. The molecule has 0 N–H and O–H groups in total. The summed E-state index contributed by atoms with van der Waals surface area (Å²) in [6.45, 7) is 3.60. The van der Waals surface area contributed by atoms with Gasteiger partial charge in [-0.3, -0.25) is 19.4 Å². The molecule has 0 spiro atoms. The van der Waals surface area contributed by atoms with Gasteiger partial charge in [-0.15, -0.1) is 0 Å². The number of nitrogens with zero attached hydrogens (tertiary/aromatic N) is 2. The summed E-state index contributed by atoms with van der Waals surface area (Å²) in [5.74, 6) is 0.585. The van der Waals surface area contributed by atoms with Crippen LogP contribution in [0.4, 0.5) is 0 Å². The number of furan rings is 1. The normalized spacial score (nSPS) is 16.3. The number of benzene rings is 1. The Morgan fingerprint density at radius 3 is 2.54 bits per heavy atom. The molecule has 0 saturated carbocycles. The van der Waals surface area contributed by atoms with Gasteiger partial charge in [-0.1, -0.05) is 30.3 Å². The van der Waals surface area contributed by atoms with Gasteiger partial charge in [-0.2, -0.15) is 0 Å². The summed E-state index contributed by atoms with van der Waals surface area (Å²) in [5, 5.41) is 0.205.